The van der Waals surface area contributed by atoms with Gasteiger partial charge in [0.15, 0.2) is 0 Å². The first-order chi connectivity index (χ1) is 16.5. The van der Waals surface area contributed by atoms with Gasteiger partial charge in [-0.15, -0.1) is 0 Å². The zero-order valence-electron chi connectivity index (χ0n) is 19.2. The average Bonchev–Trinajstić information content (AvgIpc) is 3.46. The Bertz CT molecular complexity index is 1630. The number of hydrogen-bond acceptors (Lipinski definition) is 8. The molecule has 1 aliphatic rings. The number of aliphatic hydroxyl groups excluding tert-OH is 1. The van der Waals surface area contributed by atoms with E-state index in [4.69, 9.17) is 10.3 Å². The van der Waals surface area contributed by atoms with Crippen molar-refractivity contribution in [1.82, 2.24) is 19.3 Å². The maximum atomic E-state index is 13.0. The van der Waals surface area contributed by atoms with Gasteiger partial charge in [0.25, 0.3) is 5.91 Å². The van der Waals surface area contributed by atoms with Gasteiger partial charge in [0.1, 0.15) is 18.5 Å². The molecule has 2 aromatic carbocycles. The van der Waals surface area contributed by atoms with Gasteiger partial charge in [-0.1, -0.05) is 11.2 Å². The maximum absolute atomic E-state index is 13.0. The number of nitrogens with zero attached hydrogens (tertiary/aromatic N) is 3. The molecular weight excluding hydrogens is 474 g/mol. The molecule has 1 saturated heterocycles. The normalized spacial score (nSPS) is 15.2. The van der Waals surface area contributed by atoms with E-state index in [9.17, 15) is 23.1 Å². The molecule has 3 heterocycles. The van der Waals surface area contributed by atoms with Crippen molar-refractivity contribution in [3.8, 4) is 11.1 Å². The predicted molar refractivity (Wildman–Crippen MR) is 128 cm³/mol. The molecule has 0 bridgehead atoms. The number of nitrogens with one attached hydrogen (secondary N) is 1. The zero-order valence-corrected chi connectivity index (χ0v) is 20.0. The van der Waals surface area contributed by atoms with E-state index in [-0.39, 0.29) is 41.3 Å². The van der Waals surface area contributed by atoms with Crippen LogP contribution in [0.3, 0.4) is 0 Å². The van der Waals surface area contributed by atoms with Gasteiger partial charge in [-0.05, 0) is 43.7 Å². The minimum Gasteiger partial charge on any atom is -0.374 e. The molecule has 0 unspecified atom stereocenters. The van der Waals surface area contributed by atoms with Crippen LogP contribution in [0.25, 0.3) is 32.9 Å². The fraction of sp³-hybridized carbons (Fsp3) is 0.261. The summed E-state index contributed by atoms with van der Waals surface area (Å²) in [6.07, 6.45) is -0.441. The Morgan fingerprint density at radius 3 is 2.54 bits per heavy atom. The molecule has 11 nitrogen and oxygen atoms in total. The standard InChI is InChI=1S/C23H23N5O6S/c1-11-20(12(2)34-26-11)14-6-16-15-5-4-13(23(31)27-9-19(29)25-10-27)8-18(15)28(35(3,32)33)21(16)17(7-14)22(24)30/h4-8,22,30H,9-10,24H2,1-3H3,(H,25,29)/t22-/m1/s1. The molecule has 1 fully saturated rings. The van der Waals surface area contributed by atoms with Crippen LogP contribution in [0.15, 0.2) is 34.9 Å². The molecule has 0 radical (unpaired) electrons. The van der Waals surface area contributed by atoms with Gasteiger partial charge in [0.2, 0.25) is 15.9 Å². The summed E-state index contributed by atoms with van der Waals surface area (Å²) in [6, 6.07) is 8.13. The van der Waals surface area contributed by atoms with Crippen molar-refractivity contribution in [3.63, 3.8) is 0 Å². The first kappa shape index (κ1) is 23.0. The lowest BCUT2D eigenvalue weighted by molar-refractivity contribution is -0.118. The van der Waals surface area contributed by atoms with Crippen molar-refractivity contribution in [3.05, 3.63) is 52.9 Å². The third-order valence-electron chi connectivity index (χ3n) is 6.16. The van der Waals surface area contributed by atoms with Crippen molar-refractivity contribution in [2.24, 2.45) is 5.73 Å². The molecular formula is C23H23N5O6S. The molecule has 1 aliphatic heterocycles. The van der Waals surface area contributed by atoms with Crippen molar-refractivity contribution in [1.29, 1.82) is 0 Å². The maximum Gasteiger partial charge on any atom is 0.255 e. The molecule has 0 aliphatic carbocycles. The molecule has 0 spiro atoms. The van der Waals surface area contributed by atoms with Gasteiger partial charge >= 0.3 is 0 Å². The lowest BCUT2D eigenvalue weighted by Gasteiger charge is -2.14. The molecule has 4 aromatic rings. The molecule has 35 heavy (non-hydrogen) atoms. The monoisotopic (exact) mass is 497 g/mol. The number of amides is 2. The zero-order chi connectivity index (χ0) is 25.2. The van der Waals surface area contributed by atoms with Crippen molar-refractivity contribution < 1.29 is 27.6 Å². The molecule has 0 saturated carbocycles. The Morgan fingerprint density at radius 1 is 1.23 bits per heavy atom. The van der Waals surface area contributed by atoms with E-state index < -0.39 is 22.2 Å². The topological polar surface area (TPSA) is 161 Å². The van der Waals surface area contributed by atoms with E-state index in [1.807, 2.05) is 0 Å². The van der Waals surface area contributed by atoms with Gasteiger partial charge in [0, 0.05) is 27.5 Å². The van der Waals surface area contributed by atoms with Crippen LogP contribution in [-0.2, 0) is 14.8 Å². The third-order valence-corrected chi connectivity index (χ3v) is 7.20. The fourth-order valence-electron chi connectivity index (χ4n) is 4.67. The van der Waals surface area contributed by atoms with E-state index >= 15 is 0 Å². The SMILES string of the molecule is Cc1noc(C)c1-c1cc([C@H](N)O)c2c(c1)c1ccc(C(=O)N3CNC(=O)C3)cc1n2S(C)(=O)=O. The summed E-state index contributed by atoms with van der Waals surface area (Å²) in [5.74, 6) is -0.114. The van der Waals surface area contributed by atoms with Crippen LogP contribution in [0.2, 0.25) is 0 Å². The molecule has 5 rings (SSSR count). The lowest BCUT2D eigenvalue weighted by Crippen LogP contribution is -2.29. The Hall–Kier alpha value is -3.74. The second-order valence-corrected chi connectivity index (χ2v) is 10.5. The Morgan fingerprint density at radius 2 is 1.97 bits per heavy atom. The number of rotatable bonds is 4. The van der Waals surface area contributed by atoms with Crippen molar-refractivity contribution in [2.45, 2.75) is 20.1 Å². The average molecular weight is 498 g/mol. The van der Waals surface area contributed by atoms with Crippen LogP contribution in [0.1, 0.15) is 33.6 Å². The highest BCUT2D eigenvalue weighted by Crippen LogP contribution is 2.39. The van der Waals surface area contributed by atoms with Crippen molar-refractivity contribution >= 4 is 43.6 Å². The summed E-state index contributed by atoms with van der Waals surface area (Å²) in [6.45, 7) is 3.54. The largest absolute Gasteiger partial charge is 0.374 e. The fourth-order valence-corrected chi connectivity index (χ4v) is 5.72. The van der Waals surface area contributed by atoms with Crippen LogP contribution in [0.4, 0.5) is 0 Å². The van der Waals surface area contributed by atoms with Crippen LogP contribution < -0.4 is 11.1 Å². The van der Waals surface area contributed by atoms with Gasteiger partial charge < -0.3 is 25.6 Å². The lowest BCUT2D eigenvalue weighted by atomic mass is 9.97. The highest BCUT2D eigenvalue weighted by atomic mass is 32.2. The second kappa shape index (κ2) is 7.90. The number of hydrogen-bond donors (Lipinski definition) is 3. The Labute approximate surface area is 200 Å². The summed E-state index contributed by atoms with van der Waals surface area (Å²) < 4.78 is 32.3. The van der Waals surface area contributed by atoms with Gasteiger partial charge in [-0.3, -0.25) is 9.59 Å². The van der Waals surface area contributed by atoms with E-state index in [1.54, 1.807) is 38.1 Å². The molecule has 12 heteroatoms. The number of carbonyl (C=O) groups is 2. The summed E-state index contributed by atoms with van der Waals surface area (Å²) in [5, 5.41) is 18.1. The molecule has 2 amide bonds. The highest BCUT2D eigenvalue weighted by Gasteiger charge is 2.28. The first-order valence-corrected chi connectivity index (χ1v) is 12.6. The number of carbonyl (C=O) groups excluding carboxylic acids is 2. The summed E-state index contributed by atoms with van der Waals surface area (Å²) in [7, 11) is -3.89. The summed E-state index contributed by atoms with van der Waals surface area (Å²) in [4.78, 5) is 25.9. The number of aromatic nitrogens is 2. The smallest absolute Gasteiger partial charge is 0.255 e. The van der Waals surface area contributed by atoms with Crippen LogP contribution in [0, 0.1) is 13.8 Å². The molecule has 182 valence electrons. The van der Waals surface area contributed by atoms with E-state index in [0.717, 1.165) is 10.2 Å². The predicted octanol–water partition coefficient (Wildman–Crippen LogP) is 1.35. The quantitative estimate of drug-likeness (QED) is 0.356. The minimum absolute atomic E-state index is 0.0732. The Balaban J connectivity index is 1.84. The molecule has 1 atom stereocenters. The van der Waals surface area contributed by atoms with Crippen molar-refractivity contribution in [2.75, 3.05) is 19.5 Å². The number of nitrogens with two attached hydrogens (primary N) is 1. The summed E-state index contributed by atoms with van der Waals surface area (Å²) >= 11 is 0. The number of benzene rings is 2. The number of aliphatic hydroxyl groups is 1. The number of aryl methyl sites for hydroxylation is 2. The van der Waals surface area contributed by atoms with E-state index in [1.165, 1.54) is 11.0 Å². The number of fused-ring (bicyclic) bond motifs is 3. The van der Waals surface area contributed by atoms with Crippen LogP contribution >= 0.6 is 0 Å². The van der Waals surface area contributed by atoms with E-state index in [2.05, 4.69) is 10.5 Å². The molecule has 4 N–H and O–H groups in total. The minimum atomic E-state index is -3.89. The van der Waals surface area contributed by atoms with Crippen LogP contribution in [-0.4, -0.2) is 58.8 Å². The first-order valence-electron chi connectivity index (χ1n) is 10.7. The Kier molecular flexibility index (Phi) is 5.20. The van der Waals surface area contributed by atoms with Gasteiger partial charge in [-0.25, -0.2) is 12.4 Å². The van der Waals surface area contributed by atoms with Gasteiger partial charge in [-0.2, -0.15) is 0 Å². The molecule has 2 aromatic heterocycles. The second-order valence-electron chi connectivity index (χ2n) is 8.63. The van der Waals surface area contributed by atoms with Gasteiger partial charge in [0.05, 0.1) is 29.7 Å². The van der Waals surface area contributed by atoms with Crippen LogP contribution in [0.5, 0.6) is 0 Å². The third kappa shape index (κ3) is 3.66. The summed E-state index contributed by atoms with van der Waals surface area (Å²) in [5.41, 5.74) is 8.79. The highest BCUT2D eigenvalue weighted by molar-refractivity contribution is 7.89. The van der Waals surface area contributed by atoms with E-state index in [0.29, 0.717) is 33.4 Å².